The van der Waals surface area contributed by atoms with Crippen molar-refractivity contribution in [2.24, 2.45) is 0 Å². The van der Waals surface area contributed by atoms with Crippen LogP contribution in [0.5, 0.6) is 0 Å². The van der Waals surface area contributed by atoms with Gasteiger partial charge in [-0.3, -0.25) is 4.48 Å². The molecular formula is C29H59NO2P+. The highest BCUT2D eigenvalue weighted by molar-refractivity contribution is 7.37. The third-order valence-electron chi connectivity index (χ3n) is 6.86. The Morgan fingerprint density at radius 3 is 1.27 bits per heavy atom. The van der Waals surface area contributed by atoms with Crippen LogP contribution in [-0.4, -0.2) is 31.4 Å². The summed E-state index contributed by atoms with van der Waals surface area (Å²) in [6.07, 6.45) is 34.0. The minimum Gasteiger partial charge on any atom is -0.591 e. The molecule has 0 rings (SSSR count). The third-order valence-corrected chi connectivity index (χ3v) is 8.30. The Balaban J connectivity index is 3.29. The van der Waals surface area contributed by atoms with E-state index < -0.39 is 8.03 Å². The number of allylic oxidation sites excluding steroid dienone is 2. The van der Waals surface area contributed by atoms with Crippen molar-refractivity contribution in [1.29, 1.82) is 0 Å². The molecule has 33 heavy (non-hydrogen) atoms. The largest absolute Gasteiger partial charge is 0.591 e. The molecule has 0 saturated heterocycles. The second-order valence-corrected chi connectivity index (χ2v) is 12.3. The van der Waals surface area contributed by atoms with E-state index in [1.807, 2.05) is 21.1 Å². The minimum atomic E-state index is -2.35. The third kappa shape index (κ3) is 23.3. The number of nitrogens with zero attached hydrogens (tertiary/aromatic N) is 1. The molecule has 0 aromatic rings. The van der Waals surface area contributed by atoms with Gasteiger partial charge in [0.05, 0.1) is 21.1 Å². The molecule has 0 aliphatic heterocycles. The zero-order chi connectivity index (χ0) is 24.6. The Morgan fingerprint density at radius 2 is 0.939 bits per heavy atom. The predicted octanol–water partition coefficient (Wildman–Crippen LogP) is 9.28. The molecule has 3 nitrogen and oxygen atoms in total. The van der Waals surface area contributed by atoms with E-state index in [4.69, 9.17) is 0 Å². The first-order valence-electron chi connectivity index (χ1n) is 14.5. The van der Waals surface area contributed by atoms with Gasteiger partial charge in [0.1, 0.15) is 0 Å². The number of quaternary nitrogens is 1. The first-order chi connectivity index (χ1) is 15.9. The second kappa shape index (κ2) is 23.5. The van der Waals surface area contributed by atoms with E-state index in [0.717, 1.165) is 19.3 Å². The highest BCUT2D eigenvalue weighted by Crippen LogP contribution is 2.28. The standard InChI is InChI=1S/C29H59NO2P/c1-5-6-7-8-9-10-11-12-13-14-15-16-17-18-19-20-21-22-23-24-25-26-27-28-29(33(31)32)30(2,3)4/h24-25,29H,5-23,26-28H2,1-4H3/q+1/b25-24-. The van der Waals surface area contributed by atoms with Gasteiger partial charge < -0.3 is 4.89 Å². The van der Waals surface area contributed by atoms with Gasteiger partial charge in [0.15, 0.2) is 0 Å². The van der Waals surface area contributed by atoms with Gasteiger partial charge in [0, 0.05) is 6.42 Å². The maximum atomic E-state index is 11.4. The zero-order valence-corrected chi connectivity index (χ0v) is 23.9. The summed E-state index contributed by atoms with van der Waals surface area (Å²) in [6.45, 7) is 2.29. The molecule has 0 bridgehead atoms. The van der Waals surface area contributed by atoms with Crippen molar-refractivity contribution in [2.45, 2.75) is 154 Å². The molecule has 2 unspecified atom stereocenters. The Labute approximate surface area is 209 Å². The van der Waals surface area contributed by atoms with E-state index in [0.29, 0.717) is 4.48 Å². The molecule has 0 amide bonds. The quantitative estimate of drug-likeness (QED) is 0.0560. The molecule has 0 spiro atoms. The van der Waals surface area contributed by atoms with Gasteiger partial charge >= 0.3 is 8.03 Å². The summed E-state index contributed by atoms with van der Waals surface area (Å²) in [5, 5.41) is 0. The van der Waals surface area contributed by atoms with Gasteiger partial charge in [-0.2, -0.15) is 0 Å². The van der Waals surface area contributed by atoms with E-state index in [-0.39, 0.29) is 5.78 Å². The van der Waals surface area contributed by atoms with Gasteiger partial charge in [-0.1, -0.05) is 133 Å². The lowest BCUT2D eigenvalue weighted by molar-refractivity contribution is -0.883. The van der Waals surface area contributed by atoms with Gasteiger partial charge in [-0.05, 0) is 25.7 Å². The lowest BCUT2D eigenvalue weighted by atomic mass is 10.0. The van der Waals surface area contributed by atoms with Crippen LogP contribution in [0.1, 0.15) is 148 Å². The maximum Gasteiger partial charge on any atom is 0.373 e. The summed E-state index contributed by atoms with van der Waals surface area (Å²) in [6, 6.07) is 0. The number of hydrogen-bond donors (Lipinski definition) is 0. The summed E-state index contributed by atoms with van der Waals surface area (Å²) >= 11 is 0. The fraction of sp³-hybridized carbons (Fsp3) is 0.931. The van der Waals surface area contributed by atoms with Crippen molar-refractivity contribution >= 4 is 8.03 Å². The monoisotopic (exact) mass is 484 g/mol. The predicted molar refractivity (Wildman–Crippen MR) is 146 cm³/mol. The molecule has 0 heterocycles. The van der Waals surface area contributed by atoms with E-state index >= 15 is 0 Å². The molecule has 196 valence electrons. The molecule has 0 aliphatic carbocycles. The summed E-state index contributed by atoms with van der Waals surface area (Å²) in [5.41, 5.74) is 0. The van der Waals surface area contributed by atoms with Crippen LogP contribution in [0.2, 0.25) is 0 Å². The number of hydrogen-bond acceptors (Lipinski definition) is 2. The smallest absolute Gasteiger partial charge is 0.373 e. The van der Waals surface area contributed by atoms with Crippen molar-refractivity contribution < 1.29 is 13.9 Å². The second-order valence-electron chi connectivity index (χ2n) is 11.1. The fourth-order valence-corrected chi connectivity index (χ4v) is 5.55. The molecule has 0 N–H and O–H groups in total. The summed E-state index contributed by atoms with van der Waals surface area (Å²) in [4.78, 5) is 11.4. The number of unbranched alkanes of at least 4 members (excludes halogenated alkanes) is 19. The Kier molecular flexibility index (Phi) is 23.3. The molecule has 0 aliphatic rings. The lowest BCUT2D eigenvalue weighted by Crippen LogP contribution is -2.44. The fourth-order valence-electron chi connectivity index (χ4n) is 4.59. The van der Waals surface area contributed by atoms with Gasteiger partial charge in [-0.15, -0.1) is 0 Å². The first-order valence-corrected chi connectivity index (χ1v) is 15.7. The van der Waals surface area contributed by atoms with Gasteiger partial charge in [-0.25, -0.2) is 0 Å². The SMILES string of the molecule is CCCCCCCCCCCCCCCCCCCC/C=C\CCCC([P+](=O)[O-])[N+](C)(C)C. The van der Waals surface area contributed by atoms with E-state index in [9.17, 15) is 9.46 Å². The Bertz CT molecular complexity index is 459. The molecule has 0 radical (unpaired) electrons. The Hall–Kier alpha value is -0.240. The van der Waals surface area contributed by atoms with Crippen LogP contribution >= 0.6 is 8.03 Å². The highest BCUT2D eigenvalue weighted by atomic mass is 31.1. The molecule has 2 atom stereocenters. The Morgan fingerprint density at radius 1 is 0.606 bits per heavy atom. The van der Waals surface area contributed by atoms with Crippen LogP contribution in [0.15, 0.2) is 12.2 Å². The molecule has 0 aromatic carbocycles. The summed E-state index contributed by atoms with van der Waals surface area (Å²) in [5.74, 6) is -0.261. The van der Waals surface area contributed by atoms with Crippen molar-refractivity contribution in [3.8, 4) is 0 Å². The first kappa shape index (κ1) is 32.8. The molecule has 0 fully saturated rings. The topological polar surface area (TPSA) is 40.1 Å². The average molecular weight is 485 g/mol. The van der Waals surface area contributed by atoms with Crippen LogP contribution in [0.4, 0.5) is 0 Å². The normalized spacial score (nSPS) is 13.7. The maximum absolute atomic E-state index is 11.4. The van der Waals surface area contributed by atoms with E-state index in [1.165, 1.54) is 122 Å². The van der Waals surface area contributed by atoms with Gasteiger partial charge in [0.25, 0.3) is 5.78 Å². The van der Waals surface area contributed by atoms with Gasteiger partial charge in [0.2, 0.25) is 0 Å². The van der Waals surface area contributed by atoms with Crippen LogP contribution in [-0.2, 0) is 4.57 Å². The molecule has 4 heteroatoms. The van der Waals surface area contributed by atoms with Crippen LogP contribution in [0.3, 0.4) is 0 Å². The van der Waals surface area contributed by atoms with Crippen LogP contribution < -0.4 is 4.89 Å². The van der Waals surface area contributed by atoms with Crippen molar-refractivity contribution in [2.75, 3.05) is 21.1 Å². The van der Waals surface area contributed by atoms with E-state index in [1.54, 1.807) is 0 Å². The molecule has 0 saturated carbocycles. The van der Waals surface area contributed by atoms with Crippen LogP contribution in [0.25, 0.3) is 0 Å². The lowest BCUT2D eigenvalue weighted by Gasteiger charge is -2.27. The van der Waals surface area contributed by atoms with Crippen molar-refractivity contribution in [3.63, 3.8) is 0 Å². The summed E-state index contributed by atoms with van der Waals surface area (Å²) < 4.78 is 11.9. The number of rotatable bonds is 25. The zero-order valence-electron chi connectivity index (χ0n) is 23.0. The minimum absolute atomic E-state index is 0.261. The van der Waals surface area contributed by atoms with Crippen molar-refractivity contribution in [3.05, 3.63) is 12.2 Å². The average Bonchev–Trinajstić information content (AvgIpc) is 2.75. The highest BCUT2D eigenvalue weighted by Gasteiger charge is 2.34. The molecular weight excluding hydrogens is 425 g/mol. The molecule has 0 aromatic heterocycles. The van der Waals surface area contributed by atoms with Crippen LogP contribution in [0, 0.1) is 0 Å². The van der Waals surface area contributed by atoms with E-state index in [2.05, 4.69) is 19.1 Å². The summed E-state index contributed by atoms with van der Waals surface area (Å²) in [7, 11) is 3.54. The van der Waals surface area contributed by atoms with Crippen molar-refractivity contribution in [1.82, 2.24) is 0 Å².